The molecule has 72 valence electrons. The third kappa shape index (κ3) is 2.83. The topological polar surface area (TPSA) is 29.1 Å². The molecule has 1 N–H and O–H groups in total. The molecule has 4 heteroatoms. The molecule has 0 spiro atoms. The molecule has 0 aliphatic rings. The van der Waals surface area contributed by atoms with Crippen molar-refractivity contribution in [3.8, 4) is 0 Å². The quantitative estimate of drug-likeness (QED) is 0.783. The Hall–Kier alpha value is -0.320. The Balaban J connectivity index is 2.93. The van der Waals surface area contributed by atoms with Crippen LogP contribution in [0.25, 0.3) is 0 Å². The minimum absolute atomic E-state index is 1.03. The SMILES string of the molecule is CNS(=O)Sc1c(C)cccc1C. The van der Waals surface area contributed by atoms with E-state index in [-0.39, 0.29) is 0 Å². The highest BCUT2D eigenvalue weighted by molar-refractivity contribution is 8.68. The number of benzene rings is 1. The fourth-order valence-corrected chi connectivity index (χ4v) is 3.17. The highest BCUT2D eigenvalue weighted by Crippen LogP contribution is 2.27. The monoisotopic (exact) mass is 215 g/mol. The van der Waals surface area contributed by atoms with Crippen LogP contribution in [0, 0.1) is 13.8 Å². The van der Waals surface area contributed by atoms with Crippen molar-refractivity contribution in [1.82, 2.24) is 4.72 Å². The first-order valence-electron chi connectivity index (χ1n) is 3.99. The third-order valence-electron chi connectivity index (χ3n) is 1.73. The van der Waals surface area contributed by atoms with Crippen LogP contribution in [0.2, 0.25) is 0 Å². The average molecular weight is 215 g/mol. The van der Waals surface area contributed by atoms with Gasteiger partial charge in [0.05, 0.1) is 0 Å². The summed E-state index contributed by atoms with van der Waals surface area (Å²) >= 11 is 0. The van der Waals surface area contributed by atoms with Gasteiger partial charge in [0.15, 0.2) is 10.0 Å². The van der Waals surface area contributed by atoms with Crippen LogP contribution < -0.4 is 4.72 Å². The largest absolute Gasteiger partial charge is 0.232 e. The fraction of sp³-hybridized carbons (Fsp3) is 0.333. The molecule has 0 aromatic heterocycles. The van der Waals surface area contributed by atoms with Gasteiger partial charge < -0.3 is 0 Å². The van der Waals surface area contributed by atoms with E-state index in [4.69, 9.17) is 0 Å². The lowest BCUT2D eigenvalue weighted by molar-refractivity contribution is 0.687. The molecule has 0 saturated heterocycles. The molecule has 13 heavy (non-hydrogen) atoms. The van der Waals surface area contributed by atoms with Gasteiger partial charge in [-0.1, -0.05) is 18.2 Å². The van der Waals surface area contributed by atoms with Crippen molar-refractivity contribution in [1.29, 1.82) is 0 Å². The van der Waals surface area contributed by atoms with Crippen molar-refractivity contribution in [2.75, 3.05) is 7.05 Å². The molecule has 0 aliphatic carbocycles. The number of nitrogens with one attached hydrogen (secondary N) is 1. The van der Waals surface area contributed by atoms with Crippen molar-refractivity contribution >= 4 is 20.8 Å². The van der Waals surface area contributed by atoms with Gasteiger partial charge in [-0.2, -0.15) is 0 Å². The van der Waals surface area contributed by atoms with Gasteiger partial charge in [-0.25, -0.2) is 8.93 Å². The van der Waals surface area contributed by atoms with E-state index in [0.29, 0.717) is 0 Å². The maximum atomic E-state index is 11.2. The number of rotatable bonds is 3. The van der Waals surface area contributed by atoms with E-state index in [1.807, 2.05) is 32.0 Å². The lowest BCUT2D eigenvalue weighted by atomic mass is 10.2. The third-order valence-corrected chi connectivity index (χ3v) is 4.48. The zero-order valence-corrected chi connectivity index (χ0v) is 9.59. The zero-order chi connectivity index (χ0) is 9.84. The van der Waals surface area contributed by atoms with Gasteiger partial charge >= 0.3 is 0 Å². The Labute approximate surface area is 85.1 Å². The summed E-state index contributed by atoms with van der Waals surface area (Å²) in [6.45, 7) is 4.06. The van der Waals surface area contributed by atoms with Crippen molar-refractivity contribution in [2.45, 2.75) is 18.7 Å². The first-order chi connectivity index (χ1) is 6.15. The van der Waals surface area contributed by atoms with Crippen LogP contribution in [0.15, 0.2) is 23.1 Å². The summed E-state index contributed by atoms with van der Waals surface area (Å²) in [5.41, 5.74) is 2.35. The van der Waals surface area contributed by atoms with Crippen molar-refractivity contribution < 1.29 is 4.21 Å². The summed E-state index contributed by atoms with van der Waals surface area (Å²) < 4.78 is 14.0. The minimum Gasteiger partial charge on any atom is -0.232 e. The van der Waals surface area contributed by atoms with Crippen molar-refractivity contribution in [3.63, 3.8) is 0 Å². The molecule has 0 bridgehead atoms. The molecule has 0 fully saturated rings. The summed E-state index contributed by atoms with van der Waals surface area (Å²) in [4.78, 5) is 1.11. The Bertz CT molecular complexity index is 305. The second kappa shape index (κ2) is 4.79. The predicted molar refractivity (Wildman–Crippen MR) is 59.0 cm³/mol. The number of hydrogen-bond donors (Lipinski definition) is 1. The van der Waals surface area contributed by atoms with Crippen LogP contribution in [-0.4, -0.2) is 11.3 Å². The van der Waals surface area contributed by atoms with Gasteiger partial charge in [0, 0.05) is 4.90 Å². The summed E-state index contributed by atoms with van der Waals surface area (Å²) in [7, 11) is 2.02. The molecular weight excluding hydrogens is 202 g/mol. The van der Waals surface area contributed by atoms with E-state index in [0.717, 1.165) is 4.90 Å². The Morgan fingerprint density at radius 2 is 1.85 bits per heavy atom. The van der Waals surface area contributed by atoms with Gasteiger partial charge in [0.1, 0.15) is 0 Å². The summed E-state index contributed by atoms with van der Waals surface area (Å²) in [6.07, 6.45) is 0. The standard InChI is InChI=1S/C9H13NOS2/c1-7-5-4-6-8(2)9(7)12-13(11)10-3/h4-6,10H,1-3H3. The minimum atomic E-state index is -1.03. The Kier molecular flexibility index (Phi) is 3.96. The molecule has 0 saturated carbocycles. The van der Waals surface area contributed by atoms with Crippen molar-refractivity contribution in [3.05, 3.63) is 29.3 Å². The van der Waals surface area contributed by atoms with Gasteiger partial charge in [-0.05, 0) is 42.8 Å². The fourth-order valence-electron chi connectivity index (χ4n) is 1.05. The predicted octanol–water partition coefficient (Wildman–Crippen LogP) is 2.19. The van der Waals surface area contributed by atoms with Crippen LogP contribution >= 0.6 is 10.8 Å². The maximum Gasteiger partial charge on any atom is 0.158 e. The molecule has 0 amide bonds. The normalized spacial score (nSPS) is 12.8. The van der Waals surface area contributed by atoms with E-state index in [2.05, 4.69) is 4.72 Å². The van der Waals surface area contributed by atoms with E-state index < -0.39 is 10.0 Å². The highest BCUT2D eigenvalue weighted by atomic mass is 33.1. The van der Waals surface area contributed by atoms with Crippen LogP contribution in [0.4, 0.5) is 0 Å². The van der Waals surface area contributed by atoms with Gasteiger partial charge in [0.25, 0.3) is 0 Å². The van der Waals surface area contributed by atoms with E-state index >= 15 is 0 Å². The smallest absolute Gasteiger partial charge is 0.158 e. The molecular formula is C9H13NOS2. The van der Waals surface area contributed by atoms with E-state index in [1.54, 1.807) is 7.05 Å². The van der Waals surface area contributed by atoms with Gasteiger partial charge in [-0.15, -0.1) is 0 Å². The Morgan fingerprint density at radius 3 is 2.31 bits per heavy atom. The van der Waals surface area contributed by atoms with Gasteiger partial charge in [0.2, 0.25) is 0 Å². The summed E-state index contributed by atoms with van der Waals surface area (Å²) in [6, 6.07) is 6.07. The number of hydrogen-bond acceptors (Lipinski definition) is 2. The molecule has 0 heterocycles. The van der Waals surface area contributed by atoms with E-state index in [1.165, 1.54) is 21.9 Å². The van der Waals surface area contributed by atoms with Crippen LogP contribution in [0.5, 0.6) is 0 Å². The van der Waals surface area contributed by atoms with Crippen molar-refractivity contribution in [2.24, 2.45) is 0 Å². The Morgan fingerprint density at radius 1 is 1.31 bits per heavy atom. The lowest BCUT2D eigenvalue weighted by Gasteiger charge is -2.06. The van der Waals surface area contributed by atoms with E-state index in [9.17, 15) is 4.21 Å². The molecule has 1 unspecified atom stereocenters. The highest BCUT2D eigenvalue weighted by Gasteiger charge is 2.06. The number of aryl methyl sites for hydroxylation is 2. The maximum absolute atomic E-state index is 11.2. The lowest BCUT2D eigenvalue weighted by Crippen LogP contribution is -2.06. The second-order valence-electron chi connectivity index (χ2n) is 2.74. The van der Waals surface area contributed by atoms with Crippen LogP contribution in [0.1, 0.15) is 11.1 Å². The molecule has 0 aliphatic heterocycles. The molecule has 1 aromatic rings. The molecule has 1 rings (SSSR count). The molecule has 1 aromatic carbocycles. The first-order valence-corrected chi connectivity index (χ1v) is 6.47. The van der Waals surface area contributed by atoms with Crippen LogP contribution in [0.3, 0.4) is 0 Å². The van der Waals surface area contributed by atoms with Gasteiger partial charge in [-0.3, -0.25) is 0 Å². The molecule has 2 nitrogen and oxygen atoms in total. The molecule has 0 radical (unpaired) electrons. The second-order valence-corrected chi connectivity index (χ2v) is 5.60. The summed E-state index contributed by atoms with van der Waals surface area (Å²) in [5, 5.41) is 0. The molecule has 1 atom stereocenters. The first kappa shape index (κ1) is 10.8. The zero-order valence-electron chi connectivity index (χ0n) is 7.96. The van der Waals surface area contributed by atoms with Crippen LogP contribution in [-0.2, 0) is 10.0 Å². The average Bonchev–Trinajstić information content (AvgIpc) is 2.11. The summed E-state index contributed by atoms with van der Waals surface area (Å²) in [5.74, 6) is 0.